The Labute approximate surface area is 97.9 Å². The van der Waals surface area contributed by atoms with Gasteiger partial charge in [-0.3, -0.25) is 0 Å². The maximum absolute atomic E-state index is 12.5. The zero-order valence-corrected chi connectivity index (χ0v) is 9.70. The van der Waals surface area contributed by atoms with Crippen LogP contribution in [0.25, 0.3) is 0 Å². The normalized spacial score (nSPS) is 13.5. The third kappa shape index (κ3) is 4.22. The summed E-state index contributed by atoms with van der Waals surface area (Å²) in [5.41, 5.74) is -0.716. The number of halogens is 3. The number of hydrogen-bond acceptors (Lipinski definition) is 3. The van der Waals surface area contributed by atoms with Gasteiger partial charge in [0.05, 0.1) is 11.7 Å². The first-order valence-corrected chi connectivity index (χ1v) is 5.23. The van der Waals surface area contributed by atoms with E-state index in [1.54, 1.807) is 18.9 Å². The Kier molecular flexibility index (Phi) is 4.34. The van der Waals surface area contributed by atoms with Crippen LogP contribution in [0.15, 0.2) is 18.3 Å². The molecule has 1 heterocycles. The van der Waals surface area contributed by atoms with Crippen LogP contribution < -0.4 is 4.90 Å². The smallest absolute Gasteiger partial charge is 0.393 e. The second-order valence-electron chi connectivity index (χ2n) is 3.96. The van der Waals surface area contributed by atoms with Crippen LogP contribution in [0, 0.1) is 0 Å². The monoisotopic (exact) mass is 248 g/mol. The third-order valence-corrected chi connectivity index (χ3v) is 2.35. The second-order valence-corrected chi connectivity index (χ2v) is 3.96. The number of aliphatic hydroxyl groups is 1. The Balaban J connectivity index is 2.77. The molecule has 1 aromatic heterocycles. The largest absolute Gasteiger partial charge is 0.416 e. The first-order valence-electron chi connectivity index (χ1n) is 5.23. The van der Waals surface area contributed by atoms with Gasteiger partial charge in [-0.2, -0.15) is 13.2 Å². The second kappa shape index (κ2) is 5.35. The first kappa shape index (κ1) is 13.8. The summed E-state index contributed by atoms with van der Waals surface area (Å²) in [4.78, 5) is 5.46. The van der Waals surface area contributed by atoms with Crippen molar-refractivity contribution >= 4 is 5.82 Å². The number of nitrogens with zero attached hydrogens (tertiary/aromatic N) is 2. The molecule has 0 saturated heterocycles. The molecule has 0 aliphatic rings. The lowest BCUT2D eigenvalue weighted by Crippen LogP contribution is -2.23. The van der Waals surface area contributed by atoms with Gasteiger partial charge in [0.2, 0.25) is 0 Å². The molecule has 1 atom stereocenters. The predicted molar refractivity (Wildman–Crippen MR) is 58.8 cm³/mol. The minimum atomic E-state index is -4.36. The summed E-state index contributed by atoms with van der Waals surface area (Å²) in [5, 5.41) is 9.10. The van der Waals surface area contributed by atoms with Gasteiger partial charge in [0.15, 0.2) is 0 Å². The van der Waals surface area contributed by atoms with E-state index in [-0.39, 0.29) is 5.82 Å². The molecule has 0 amide bonds. The average molecular weight is 248 g/mol. The molecule has 0 bridgehead atoms. The lowest BCUT2D eigenvalue weighted by atomic mass is 10.2. The van der Waals surface area contributed by atoms with Gasteiger partial charge in [-0.15, -0.1) is 0 Å². The maximum atomic E-state index is 12.5. The highest BCUT2D eigenvalue weighted by atomic mass is 19.4. The van der Waals surface area contributed by atoms with E-state index in [2.05, 4.69) is 4.98 Å². The summed E-state index contributed by atoms with van der Waals surface area (Å²) in [5.74, 6) is 0.250. The summed E-state index contributed by atoms with van der Waals surface area (Å²) >= 11 is 0. The number of hydrogen-bond donors (Lipinski definition) is 1. The quantitative estimate of drug-likeness (QED) is 0.888. The molecule has 3 nitrogen and oxygen atoms in total. The van der Waals surface area contributed by atoms with Crippen molar-refractivity contribution < 1.29 is 18.3 Å². The molecule has 1 unspecified atom stereocenters. The van der Waals surface area contributed by atoms with Crippen LogP contribution >= 0.6 is 0 Å². The minimum Gasteiger partial charge on any atom is -0.393 e. The van der Waals surface area contributed by atoms with E-state index in [0.29, 0.717) is 13.0 Å². The van der Waals surface area contributed by atoms with Crippen molar-refractivity contribution in [2.24, 2.45) is 0 Å². The summed E-state index contributed by atoms with van der Waals surface area (Å²) < 4.78 is 37.4. The number of aliphatic hydroxyl groups excluding tert-OH is 1. The van der Waals surface area contributed by atoms with Crippen LogP contribution in [-0.2, 0) is 6.18 Å². The molecule has 0 saturated carbocycles. The number of aromatic nitrogens is 1. The van der Waals surface area contributed by atoms with Gasteiger partial charge < -0.3 is 10.0 Å². The fourth-order valence-electron chi connectivity index (χ4n) is 1.30. The fraction of sp³-hybridized carbons (Fsp3) is 0.545. The number of anilines is 1. The lowest BCUT2D eigenvalue weighted by Gasteiger charge is -2.19. The molecule has 0 fully saturated rings. The molecule has 0 spiro atoms. The van der Waals surface area contributed by atoms with Gasteiger partial charge in [0.1, 0.15) is 5.82 Å². The van der Waals surface area contributed by atoms with Crippen LogP contribution in [0.3, 0.4) is 0 Å². The molecular weight excluding hydrogens is 233 g/mol. The first-order chi connectivity index (χ1) is 7.80. The van der Waals surface area contributed by atoms with Gasteiger partial charge in [0.25, 0.3) is 0 Å². The molecular formula is C11H15F3N2O. The van der Waals surface area contributed by atoms with E-state index in [1.165, 1.54) is 0 Å². The maximum Gasteiger partial charge on any atom is 0.416 e. The van der Waals surface area contributed by atoms with Crippen molar-refractivity contribution in [3.63, 3.8) is 0 Å². The highest BCUT2D eigenvalue weighted by Gasteiger charge is 2.30. The average Bonchev–Trinajstić information content (AvgIpc) is 2.25. The van der Waals surface area contributed by atoms with Crippen LogP contribution in [-0.4, -0.2) is 29.8 Å². The van der Waals surface area contributed by atoms with E-state index in [9.17, 15) is 13.2 Å². The van der Waals surface area contributed by atoms with Crippen LogP contribution in [0.5, 0.6) is 0 Å². The lowest BCUT2D eigenvalue weighted by molar-refractivity contribution is -0.137. The van der Waals surface area contributed by atoms with Crippen molar-refractivity contribution in [3.05, 3.63) is 23.9 Å². The zero-order chi connectivity index (χ0) is 13.1. The summed E-state index contributed by atoms with van der Waals surface area (Å²) in [6.45, 7) is 2.08. The van der Waals surface area contributed by atoms with Gasteiger partial charge in [-0.05, 0) is 25.5 Å². The van der Waals surface area contributed by atoms with Gasteiger partial charge in [-0.1, -0.05) is 0 Å². The van der Waals surface area contributed by atoms with E-state index in [0.717, 1.165) is 18.3 Å². The molecule has 6 heteroatoms. The van der Waals surface area contributed by atoms with Gasteiger partial charge >= 0.3 is 6.18 Å². The van der Waals surface area contributed by atoms with Gasteiger partial charge in [-0.25, -0.2) is 4.98 Å². The molecule has 0 aromatic carbocycles. The zero-order valence-electron chi connectivity index (χ0n) is 9.70. The fourth-order valence-corrected chi connectivity index (χ4v) is 1.30. The summed E-state index contributed by atoms with van der Waals surface area (Å²) in [7, 11) is 1.64. The van der Waals surface area contributed by atoms with Crippen LogP contribution in [0.1, 0.15) is 18.9 Å². The molecule has 0 aliphatic heterocycles. The Morgan fingerprint density at radius 3 is 2.65 bits per heavy atom. The van der Waals surface area contributed by atoms with Gasteiger partial charge in [0, 0.05) is 19.8 Å². The highest BCUT2D eigenvalue weighted by Crippen LogP contribution is 2.30. The molecule has 1 aromatic rings. The summed E-state index contributed by atoms with van der Waals surface area (Å²) in [6, 6.07) is 1.94. The predicted octanol–water partition coefficient (Wildman–Crippen LogP) is 2.31. The Morgan fingerprint density at radius 1 is 1.47 bits per heavy atom. The minimum absolute atomic E-state index is 0.250. The standard InChI is InChI=1S/C11H15F3N2O/c1-8(17)4-6-16(2)10-7-9(3-5-15-10)11(12,13)14/h3,5,7-8,17H,4,6H2,1-2H3. The van der Waals surface area contributed by atoms with E-state index in [4.69, 9.17) is 5.11 Å². The molecule has 96 valence electrons. The van der Waals surface area contributed by atoms with E-state index in [1.807, 2.05) is 0 Å². The summed E-state index contributed by atoms with van der Waals surface area (Å²) in [6.07, 6.45) is -3.22. The van der Waals surface area contributed by atoms with Crippen LogP contribution in [0.2, 0.25) is 0 Å². The van der Waals surface area contributed by atoms with Crippen molar-refractivity contribution in [2.45, 2.75) is 25.6 Å². The van der Waals surface area contributed by atoms with Crippen molar-refractivity contribution in [1.82, 2.24) is 4.98 Å². The van der Waals surface area contributed by atoms with Crippen LogP contribution in [0.4, 0.5) is 19.0 Å². The SMILES string of the molecule is CC(O)CCN(C)c1cc(C(F)(F)F)ccn1. The van der Waals surface area contributed by atoms with Crippen molar-refractivity contribution in [3.8, 4) is 0 Å². The third-order valence-electron chi connectivity index (χ3n) is 2.35. The molecule has 0 aliphatic carbocycles. The molecule has 0 radical (unpaired) electrons. The Bertz CT molecular complexity index is 366. The van der Waals surface area contributed by atoms with Crippen molar-refractivity contribution in [2.75, 3.05) is 18.5 Å². The number of rotatable bonds is 4. The molecule has 1 N–H and O–H groups in total. The Hall–Kier alpha value is -1.30. The topological polar surface area (TPSA) is 36.4 Å². The number of alkyl halides is 3. The molecule has 1 rings (SSSR count). The van der Waals surface area contributed by atoms with Crippen molar-refractivity contribution in [1.29, 1.82) is 0 Å². The Morgan fingerprint density at radius 2 is 2.12 bits per heavy atom. The molecule has 17 heavy (non-hydrogen) atoms. The van der Waals surface area contributed by atoms with E-state index >= 15 is 0 Å². The van der Waals surface area contributed by atoms with E-state index < -0.39 is 17.8 Å². The highest BCUT2D eigenvalue weighted by molar-refractivity contribution is 5.40. The number of pyridine rings is 1.